The summed E-state index contributed by atoms with van der Waals surface area (Å²) in [5.41, 5.74) is 1.70. The number of anilines is 1. The third-order valence-corrected chi connectivity index (χ3v) is 5.65. The minimum absolute atomic E-state index is 0.0971. The summed E-state index contributed by atoms with van der Waals surface area (Å²) in [4.78, 5) is 26.3. The molecule has 0 spiro atoms. The van der Waals surface area contributed by atoms with Gasteiger partial charge in [-0.1, -0.05) is 0 Å². The van der Waals surface area contributed by atoms with Gasteiger partial charge in [0.15, 0.2) is 11.5 Å². The molecule has 0 aliphatic rings. The Morgan fingerprint density at radius 2 is 1.39 bits per heavy atom. The van der Waals surface area contributed by atoms with Crippen molar-refractivity contribution in [2.45, 2.75) is 0 Å². The van der Waals surface area contributed by atoms with E-state index in [0.717, 1.165) is 0 Å². The first kappa shape index (κ1) is 24.5. The van der Waals surface area contributed by atoms with Crippen LogP contribution in [0.4, 0.5) is 5.69 Å². The van der Waals surface area contributed by atoms with Crippen molar-refractivity contribution in [3.63, 3.8) is 0 Å². The normalized spacial score (nSPS) is 10.6. The van der Waals surface area contributed by atoms with E-state index >= 15 is 0 Å². The number of hydrogen-bond donors (Lipinski definition) is 1. The molecule has 4 rings (SSSR count). The first-order valence-electron chi connectivity index (χ1n) is 10.8. The minimum atomic E-state index is -0.652. The Labute approximate surface area is 207 Å². The van der Waals surface area contributed by atoms with Gasteiger partial charge in [0.25, 0.3) is 5.91 Å². The molecule has 1 N–H and O–H groups in total. The first-order valence-corrected chi connectivity index (χ1v) is 10.8. The van der Waals surface area contributed by atoms with Crippen molar-refractivity contribution >= 4 is 28.5 Å². The topological polar surface area (TPSA) is 105 Å². The monoisotopic (exact) mass is 491 g/mol. The molecular formula is C27H25NO8. The molecule has 0 aliphatic heterocycles. The van der Waals surface area contributed by atoms with Gasteiger partial charge in [-0.2, -0.15) is 0 Å². The highest BCUT2D eigenvalue weighted by atomic mass is 16.5. The molecule has 0 fully saturated rings. The predicted octanol–water partition coefficient (Wildman–Crippen LogP) is 5.17. The lowest BCUT2D eigenvalue weighted by atomic mass is 10.0. The fraction of sp³-hybridized carbons (Fsp3) is 0.185. The zero-order chi connectivity index (χ0) is 25.8. The third-order valence-electron chi connectivity index (χ3n) is 5.65. The average Bonchev–Trinajstić information content (AvgIpc) is 3.31. The first-order chi connectivity index (χ1) is 17.4. The van der Waals surface area contributed by atoms with Crippen molar-refractivity contribution in [2.24, 2.45) is 0 Å². The Morgan fingerprint density at radius 1 is 0.750 bits per heavy atom. The zero-order valence-electron chi connectivity index (χ0n) is 20.5. The molecule has 0 radical (unpaired) electrons. The lowest BCUT2D eigenvalue weighted by Gasteiger charge is -2.15. The van der Waals surface area contributed by atoms with Crippen LogP contribution < -0.4 is 24.3 Å². The van der Waals surface area contributed by atoms with Crippen LogP contribution >= 0.6 is 0 Å². The van der Waals surface area contributed by atoms with Gasteiger partial charge in [-0.15, -0.1) is 0 Å². The van der Waals surface area contributed by atoms with E-state index in [1.54, 1.807) is 49.6 Å². The highest BCUT2D eigenvalue weighted by Crippen LogP contribution is 2.38. The average molecular weight is 491 g/mol. The number of fused-ring (bicyclic) bond motifs is 1. The summed E-state index contributed by atoms with van der Waals surface area (Å²) in [6.07, 6.45) is 0. The molecule has 0 saturated carbocycles. The van der Waals surface area contributed by atoms with Crippen molar-refractivity contribution < 1.29 is 37.7 Å². The van der Waals surface area contributed by atoms with Gasteiger partial charge >= 0.3 is 5.97 Å². The Kier molecular flexibility index (Phi) is 7.00. The molecule has 36 heavy (non-hydrogen) atoms. The Balaban J connectivity index is 1.87. The van der Waals surface area contributed by atoms with Crippen molar-refractivity contribution in [3.8, 4) is 34.3 Å². The predicted molar refractivity (Wildman–Crippen MR) is 134 cm³/mol. The number of carbonyl (C=O) groups is 2. The molecule has 1 amide bonds. The molecule has 0 atom stereocenters. The van der Waals surface area contributed by atoms with E-state index in [2.05, 4.69) is 5.32 Å². The maximum atomic E-state index is 13.8. The Morgan fingerprint density at radius 3 is 2.00 bits per heavy atom. The largest absolute Gasteiger partial charge is 0.497 e. The van der Waals surface area contributed by atoms with E-state index in [1.807, 2.05) is 0 Å². The van der Waals surface area contributed by atoms with Crippen LogP contribution in [-0.4, -0.2) is 47.4 Å². The van der Waals surface area contributed by atoms with E-state index < -0.39 is 11.9 Å². The molecule has 0 saturated heterocycles. The number of carbonyl (C=O) groups excluding carboxylic acids is 2. The van der Waals surface area contributed by atoms with E-state index in [-0.39, 0.29) is 16.8 Å². The lowest BCUT2D eigenvalue weighted by molar-refractivity contribution is 0.0601. The molecule has 4 aromatic rings. The molecule has 0 unspecified atom stereocenters. The molecule has 1 aromatic heterocycles. The third kappa shape index (κ3) is 4.50. The summed E-state index contributed by atoms with van der Waals surface area (Å²) in [6.45, 7) is 0. The summed E-state index contributed by atoms with van der Waals surface area (Å²) < 4.78 is 32.3. The van der Waals surface area contributed by atoms with E-state index in [0.29, 0.717) is 45.3 Å². The second-order valence-electron chi connectivity index (χ2n) is 7.60. The summed E-state index contributed by atoms with van der Waals surface area (Å²) in [7, 11) is 7.27. The standard InChI is InChI=1S/C27H25NO8/c1-31-16-8-6-15(7-9-16)25-24(19-12-17(32-2)10-11-21(19)36-25)26(29)28-20-14-23(34-4)22(33-3)13-18(20)27(30)35-5/h6-14H,1-5H3,(H,28,29). The summed E-state index contributed by atoms with van der Waals surface area (Å²) in [6, 6.07) is 15.3. The fourth-order valence-electron chi connectivity index (χ4n) is 3.82. The van der Waals surface area contributed by atoms with Gasteiger partial charge in [-0.3, -0.25) is 4.79 Å². The van der Waals surface area contributed by atoms with E-state index in [1.165, 1.54) is 40.6 Å². The molecular weight excluding hydrogens is 466 g/mol. The smallest absolute Gasteiger partial charge is 0.340 e. The molecule has 186 valence electrons. The molecule has 9 heteroatoms. The van der Waals surface area contributed by atoms with Gasteiger partial charge in [0.1, 0.15) is 22.8 Å². The molecule has 3 aromatic carbocycles. The summed E-state index contributed by atoms with van der Waals surface area (Å²) >= 11 is 0. The van der Waals surface area contributed by atoms with Gasteiger partial charge in [-0.05, 0) is 42.5 Å². The maximum absolute atomic E-state index is 13.8. The number of esters is 1. The second-order valence-corrected chi connectivity index (χ2v) is 7.60. The van der Waals surface area contributed by atoms with E-state index in [4.69, 9.17) is 28.1 Å². The van der Waals surface area contributed by atoms with Crippen molar-refractivity contribution in [1.29, 1.82) is 0 Å². The van der Waals surface area contributed by atoms with Crippen LogP contribution in [0.3, 0.4) is 0 Å². The number of furan rings is 1. The van der Waals surface area contributed by atoms with Gasteiger partial charge in [-0.25, -0.2) is 4.79 Å². The van der Waals surface area contributed by atoms with Crippen LogP contribution in [0, 0.1) is 0 Å². The number of ether oxygens (including phenoxy) is 5. The quantitative estimate of drug-likeness (QED) is 0.337. The van der Waals surface area contributed by atoms with Crippen LogP contribution in [0.25, 0.3) is 22.3 Å². The van der Waals surface area contributed by atoms with Crippen molar-refractivity contribution in [3.05, 3.63) is 65.7 Å². The number of benzene rings is 3. The van der Waals surface area contributed by atoms with Crippen molar-refractivity contribution in [2.75, 3.05) is 40.9 Å². The van der Waals surface area contributed by atoms with Crippen LogP contribution in [-0.2, 0) is 4.74 Å². The second kappa shape index (κ2) is 10.3. The maximum Gasteiger partial charge on any atom is 0.340 e. The summed E-state index contributed by atoms with van der Waals surface area (Å²) in [5, 5.41) is 3.36. The van der Waals surface area contributed by atoms with Gasteiger partial charge in [0.05, 0.1) is 52.4 Å². The highest BCUT2D eigenvalue weighted by molar-refractivity contribution is 6.18. The number of rotatable bonds is 8. The minimum Gasteiger partial charge on any atom is -0.497 e. The zero-order valence-corrected chi connectivity index (χ0v) is 20.5. The van der Waals surface area contributed by atoms with Crippen LogP contribution in [0.1, 0.15) is 20.7 Å². The number of nitrogens with one attached hydrogen (secondary N) is 1. The lowest BCUT2D eigenvalue weighted by Crippen LogP contribution is -2.16. The van der Waals surface area contributed by atoms with Crippen LogP contribution in [0.15, 0.2) is 59.0 Å². The number of amides is 1. The molecule has 0 aliphatic carbocycles. The van der Waals surface area contributed by atoms with Crippen LogP contribution in [0.2, 0.25) is 0 Å². The Hall–Kier alpha value is -4.66. The SMILES string of the molecule is COC(=O)c1cc(OC)c(OC)cc1NC(=O)c1c(-c2ccc(OC)cc2)oc2ccc(OC)cc12. The highest BCUT2D eigenvalue weighted by Gasteiger charge is 2.26. The van der Waals surface area contributed by atoms with Gasteiger partial charge < -0.3 is 33.4 Å². The molecule has 1 heterocycles. The molecule has 9 nitrogen and oxygen atoms in total. The van der Waals surface area contributed by atoms with Crippen LogP contribution in [0.5, 0.6) is 23.0 Å². The van der Waals surface area contributed by atoms with Gasteiger partial charge in [0, 0.05) is 23.1 Å². The van der Waals surface area contributed by atoms with Crippen molar-refractivity contribution in [1.82, 2.24) is 0 Å². The van der Waals surface area contributed by atoms with E-state index in [9.17, 15) is 9.59 Å². The number of methoxy groups -OCH3 is 5. The summed E-state index contributed by atoms with van der Waals surface area (Å²) in [5.74, 6) is 1.04. The Bertz CT molecular complexity index is 1420. The van der Waals surface area contributed by atoms with Gasteiger partial charge in [0.2, 0.25) is 0 Å². The number of hydrogen-bond acceptors (Lipinski definition) is 8. The molecule has 0 bridgehead atoms. The fourth-order valence-corrected chi connectivity index (χ4v) is 3.82.